The van der Waals surface area contributed by atoms with Crippen molar-refractivity contribution in [1.29, 1.82) is 0 Å². The number of hydrogen-bond donors (Lipinski definition) is 1. The van der Waals surface area contributed by atoms with Crippen molar-refractivity contribution in [3.8, 4) is 5.75 Å². The van der Waals surface area contributed by atoms with Gasteiger partial charge in [-0.05, 0) is 46.5 Å². The van der Waals surface area contributed by atoms with Crippen molar-refractivity contribution in [1.82, 2.24) is 5.32 Å². The lowest BCUT2D eigenvalue weighted by atomic mass is 10.1. The Morgan fingerprint density at radius 3 is 2.79 bits per heavy atom. The van der Waals surface area contributed by atoms with E-state index in [-0.39, 0.29) is 5.78 Å². The summed E-state index contributed by atoms with van der Waals surface area (Å²) in [5.41, 5.74) is 1.02. The summed E-state index contributed by atoms with van der Waals surface area (Å²) in [4.78, 5) is 11.9. The number of hydrogen-bond acceptors (Lipinski definition) is 3. The van der Waals surface area contributed by atoms with E-state index in [0.29, 0.717) is 19.0 Å². The molecule has 19 heavy (non-hydrogen) atoms. The van der Waals surface area contributed by atoms with Crippen LogP contribution in [0, 0.1) is 0 Å². The molecule has 0 amide bonds. The average molecular weight is 326 g/mol. The standard InChI is InChI=1S/C15H20BrNO2/c1-19-15-7-6-11(9-14(15)16)8-13(18)10-17-12-4-2-3-5-12/h6-7,9,12,17H,2-5,8,10H2,1H3. The minimum atomic E-state index is 0.240. The highest BCUT2D eigenvalue weighted by atomic mass is 79.9. The zero-order valence-electron chi connectivity index (χ0n) is 11.2. The molecule has 0 spiro atoms. The van der Waals surface area contributed by atoms with Crippen molar-refractivity contribution in [3.05, 3.63) is 28.2 Å². The topological polar surface area (TPSA) is 38.3 Å². The first kappa shape index (κ1) is 14.5. The summed E-state index contributed by atoms with van der Waals surface area (Å²) < 4.78 is 6.07. The maximum absolute atomic E-state index is 11.9. The van der Waals surface area contributed by atoms with Crippen LogP contribution in [0.1, 0.15) is 31.2 Å². The summed E-state index contributed by atoms with van der Waals surface area (Å²) in [6, 6.07) is 6.33. The Morgan fingerprint density at radius 1 is 1.42 bits per heavy atom. The second-order valence-electron chi connectivity index (χ2n) is 5.05. The molecular weight excluding hydrogens is 306 g/mol. The summed E-state index contributed by atoms with van der Waals surface area (Å²) in [5.74, 6) is 1.03. The van der Waals surface area contributed by atoms with Crippen LogP contribution in [0.15, 0.2) is 22.7 Å². The lowest BCUT2D eigenvalue weighted by Crippen LogP contribution is -2.32. The van der Waals surface area contributed by atoms with Crippen LogP contribution in [-0.4, -0.2) is 25.5 Å². The number of ether oxygens (including phenoxy) is 1. The van der Waals surface area contributed by atoms with Crippen molar-refractivity contribution in [3.63, 3.8) is 0 Å². The molecule has 0 bridgehead atoms. The predicted octanol–water partition coefficient (Wildman–Crippen LogP) is 3.10. The molecule has 0 aliphatic heterocycles. The SMILES string of the molecule is COc1ccc(CC(=O)CNC2CCCC2)cc1Br. The molecule has 1 aliphatic rings. The largest absolute Gasteiger partial charge is 0.496 e. The number of carbonyl (C=O) groups is 1. The van der Waals surface area contributed by atoms with E-state index in [1.165, 1.54) is 25.7 Å². The highest BCUT2D eigenvalue weighted by molar-refractivity contribution is 9.10. The highest BCUT2D eigenvalue weighted by Crippen LogP contribution is 2.25. The monoisotopic (exact) mass is 325 g/mol. The Kier molecular flexibility index (Phi) is 5.40. The van der Waals surface area contributed by atoms with Crippen LogP contribution < -0.4 is 10.1 Å². The number of methoxy groups -OCH3 is 1. The molecule has 0 atom stereocenters. The first-order chi connectivity index (χ1) is 9.19. The lowest BCUT2D eigenvalue weighted by Gasteiger charge is -2.11. The van der Waals surface area contributed by atoms with Gasteiger partial charge in [-0.25, -0.2) is 0 Å². The highest BCUT2D eigenvalue weighted by Gasteiger charge is 2.15. The van der Waals surface area contributed by atoms with E-state index in [1.807, 2.05) is 18.2 Å². The minimum absolute atomic E-state index is 0.240. The molecule has 1 fully saturated rings. The second-order valence-corrected chi connectivity index (χ2v) is 5.90. The van der Waals surface area contributed by atoms with Gasteiger partial charge in [0.15, 0.2) is 5.78 Å². The van der Waals surface area contributed by atoms with Crippen molar-refractivity contribution < 1.29 is 9.53 Å². The van der Waals surface area contributed by atoms with Gasteiger partial charge in [0.1, 0.15) is 5.75 Å². The fraction of sp³-hybridized carbons (Fsp3) is 0.533. The third kappa shape index (κ3) is 4.32. The third-order valence-corrected chi connectivity index (χ3v) is 4.18. The Bertz CT molecular complexity index is 442. The second kappa shape index (κ2) is 7.06. The minimum Gasteiger partial charge on any atom is -0.496 e. The van der Waals surface area contributed by atoms with Gasteiger partial charge >= 0.3 is 0 Å². The van der Waals surface area contributed by atoms with Crippen LogP contribution in [0.4, 0.5) is 0 Å². The van der Waals surface area contributed by atoms with Gasteiger partial charge < -0.3 is 10.1 Å². The zero-order valence-corrected chi connectivity index (χ0v) is 12.8. The van der Waals surface area contributed by atoms with Gasteiger partial charge in [0, 0.05) is 12.5 Å². The maximum atomic E-state index is 11.9. The van der Waals surface area contributed by atoms with Gasteiger partial charge in [-0.15, -0.1) is 0 Å². The predicted molar refractivity (Wildman–Crippen MR) is 79.7 cm³/mol. The molecule has 0 aromatic heterocycles. The van der Waals surface area contributed by atoms with Crippen LogP contribution in [0.3, 0.4) is 0 Å². The molecule has 0 radical (unpaired) electrons. The molecule has 3 nitrogen and oxygen atoms in total. The van der Waals surface area contributed by atoms with E-state index in [0.717, 1.165) is 15.8 Å². The molecule has 1 aromatic carbocycles. The fourth-order valence-corrected chi connectivity index (χ4v) is 3.09. The van der Waals surface area contributed by atoms with E-state index in [2.05, 4.69) is 21.2 Å². The van der Waals surface area contributed by atoms with E-state index in [9.17, 15) is 4.79 Å². The lowest BCUT2D eigenvalue weighted by molar-refractivity contribution is -0.117. The molecule has 0 unspecified atom stereocenters. The summed E-state index contributed by atoms with van der Waals surface area (Å²) in [6.07, 6.45) is 5.47. The molecule has 0 heterocycles. The molecule has 0 saturated heterocycles. The molecule has 1 saturated carbocycles. The van der Waals surface area contributed by atoms with Gasteiger partial charge in [0.2, 0.25) is 0 Å². The zero-order chi connectivity index (χ0) is 13.7. The van der Waals surface area contributed by atoms with E-state index < -0.39 is 0 Å². The summed E-state index contributed by atoms with van der Waals surface area (Å²) >= 11 is 3.44. The van der Waals surface area contributed by atoms with Crippen LogP contribution in [-0.2, 0) is 11.2 Å². The van der Waals surface area contributed by atoms with Crippen molar-refractivity contribution in [2.45, 2.75) is 38.1 Å². The molecular formula is C15H20BrNO2. The van der Waals surface area contributed by atoms with Crippen molar-refractivity contribution in [2.75, 3.05) is 13.7 Å². The Morgan fingerprint density at radius 2 is 2.16 bits per heavy atom. The van der Waals surface area contributed by atoms with Gasteiger partial charge in [0.05, 0.1) is 18.1 Å². The Hall–Kier alpha value is -0.870. The summed E-state index contributed by atoms with van der Waals surface area (Å²) in [6.45, 7) is 0.480. The van der Waals surface area contributed by atoms with E-state index in [4.69, 9.17) is 4.74 Å². The number of carbonyl (C=O) groups excluding carboxylic acids is 1. The van der Waals surface area contributed by atoms with Gasteiger partial charge in [-0.2, -0.15) is 0 Å². The summed E-state index contributed by atoms with van der Waals surface area (Å²) in [5, 5.41) is 3.35. The van der Waals surface area contributed by atoms with Crippen LogP contribution in [0.25, 0.3) is 0 Å². The molecule has 1 aliphatic carbocycles. The fourth-order valence-electron chi connectivity index (χ4n) is 2.50. The first-order valence-corrected chi connectivity index (χ1v) is 7.56. The van der Waals surface area contributed by atoms with Crippen LogP contribution in [0.2, 0.25) is 0 Å². The van der Waals surface area contributed by atoms with Crippen molar-refractivity contribution >= 4 is 21.7 Å². The maximum Gasteiger partial charge on any atom is 0.150 e. The molecule has 1 N–H and O–H groups in total. The molecule has 4 heteroatoms. The van der Waals surface area contributed by atoms with E-state index >= 15 is 0 Å². The number of ketones is 1. The number of nitrogens with one attached hydrogen (secondary N) is 1. The number of benzene rings is 1. The van der Waals surface area contributed by atoms with Gasteiger partial charge in [-0.3, -0.25) is 4.79 Å². The number of halogens is 1. The number of Topliss-reactive ketones (excluding diaryl/α,β-unsaturated/α-hetero) is 1. The normalized spacial score (nSPS) is 15.7. The Labute approximate surface area is 122 Å². The van der Waals surface area contributed by atoms with E-state index in [1.54, 1.807) is 7.11 Å². The molecule has 1 aromatic rings. The Balaban J connectivity index is 1.82. The summed E-state index contributed by atoms with van der Waals surface area (Å²) in [7, 11) is 1.64. The molecule has 104 valence electrons. The van der Waals surface area contributed by atoms with Gasteiger partial charge in [-0.1, -0.05) is 18.9 Å². The average Bonchev–Trinajstić information content (AvgIpc) is 2.90. The van der Waals surface area contributed by atoms with Crippen LogP contribution in [0.5, 0.6) is 5.75 Å². The molecule has 2 rings (SSSR count). The van der Waals surface area contributed by atoms with Crippen molar-refractivity contribution in [2.24, 2.45) is 0 Å². The quantitative estimate of drug-likeness (QED) is 0.873. The first-order valence-electron chi connectivity index (χ1n) is 6.76. The third-order valence-electron chi connectivity index (χ3n) is 3.56. The number of rotatable bonds is 6. The van der Waals surface area contributed by atoms with Gasteiger partial charge in [0.25, 0.3) is 0 Å². The van der Waals surface area contributed by atoms with Crippen LogP contribution >= 0.6 is 15.9 Å². The smallest absolute Gasteiger partial charge is 0.150 e.